The molecule has 6 nitrogen and oxygen atoms in total. The van der Waals surface area contributed by atoms with Crippen molar-refractivity contribution in [3.8, 4) is 0 Å². The Kier molecular flexibility index (Phi) is 6.38. The Balaban J connectivity index is 2.29. The summed E-state index contributed by atoms with van der Waals surface area (Å²) in [6.07, 6.45) is -0.184. The van der Waals surface area contributed by atoms with Crippen molar-refractivity contribution in [3.63, 3.8) is 0 Å². The lowest BCUT2D eigenvalue weighted by atomic mass is 10.2. The van der Waals surface area contributed by atoms with Gasteiger partial charge in [-0.15, -0.1) is 0 Å². The predicted octanol–water partition coefficient (Wildman–Crippen LogP) is 1.05. The fourth-order valence-corrected chi connectivity index (χ4v) is 1.43. The molecule has 1 amide bonds. The highest BCUT2D eigenvalue weighted by Crippen LogP contribution is 1.99. The molecule has 1 rings (SSSR count). The van der Waals surface area contributed by atoms with Crippen LogP contribution in [0.25, 0.3) is 0 Å². The molecule has 2 N–H and O–H groups in total. The first kappa shape index (κ1) is 15.0. The van der Waals surface area contributed by atoms with E-state index in [9.17, 15) is 9.59 Å². The average molecular weight is 267 g/mol. The quantitative estimate of drug-likeness (QED) is 0.771. The molecule has 0 aliphatic heterocycles. The summed E-state index contributed by atoms with van der Waals surface area (Å²) in [6.45, 7) is 0.0816. The van der Waals surface area contributed by atoms with E-state index in [1.165, 1.54) is 7.11 Å². The van der Waals surface area contributed by atoms with Crippen LogP contribution in [0.4, 0.5) is 4.79 Å². The van der Waals surface area contributed by atoms with Crippen molar-refractivity contribution in [2.24, 2.45) is 0 Å². The number of carbonyl (C=O) groups excluding carboxylic acids is 1. The molecule has 0 fully saturated rings. The molecular weight excluding hydrogens is 250 g/mol. The van der Waals surface area contributed by atoms with E-state index in [1.807, 2.05) is 30.3 Å². The van der Waals surface area contributed by atoms with Crippen LogP contribution in [-0.2, 0) is 20.7 Å². The number of alkyl carbamates (subject to hydrolysis) is 1. The first-order valence-electron chi connectivity index (χ1n) is 5.82. The molecule has 6 heteroatoms. The summed E-state index contributed by atoms with van der Waals surface area (Å²) in [4.78, 5) is 22.1. The van der Waals surface area contributed by atoms with Crippen molar-refractivity contribution in [2.75, 3.05) is 20.3 Å². The van der Waals surface area contributed by atoms with E-state index < -0.39 is 18.1 Å². The van der Waals surface area contributed by atoms with Crippen LogP contribution in [0.2, 0.25) is 0 Å². The lowest BCUT2D eigenvalue weighted by molar-refractivity contribution is -0.140. The van der Waals surface area contributed by atoms with Crippen molar-refractivity contribution >= 4 is 12.1 Å². The zero-order chi connectivity index (χ0) is 14.1. The molecule has 0 spiro atoms. The molecule has 104 valence electrons. The highest BCUT2D eigenvalue weighted by atomic mass is 16.5. The summed E-state index contributed by atoms with van der Waals surface area (Å²) in [5.41, 5.74) is 1.04. The van der Waals surface area contributed by atoms with Gasteiger partial charge in [-0.25, -0.2) is 9.59 Å². The Morgan fingerprint density at radius 1 is 1.32 bits per heavy atom. The molecule has 0 aromatic heterocycles. The maximum Gasteiger partial charge on any atom is 0.407 e. The number of aliphatic carboxylic acids is 1. The van der Waals surface area contributed by atoms with Crippen LogP contribution >= 0.6 is 0 Å². The molecule has 0 bridgehead atoms. The van der Waals surface area contributed by atoms with Crippen LogP contribution in [0.3, 0.4) is 0 Å². The van der Waals surface area contributed by atoms with Gasteiger partial charge in [0.1, 0.15) is 0 Å². The number of nitrogens with one attached hydrogen (secondary N) is 1. The Bertz CT molecular complexity index is 407. The number of methoxy groups -OCH3 is 1. The predicted molar refractivity (Wildman–Crippen MR) is 67.9 cm³/mol. The fraction of sp³-hybridized carbons (Fsp3) is 0.385. The van der Waals surface area contributed by atoms with Gasteiger partial charge in [0.25, 0.3) is 0 Å². The van der Waals surface area contributed by atoms with Crippen LogP contribution in [-0.4, -0.2) is 43.5 Å². The SMILES string of the molecule is COCC(NC(=O)OCCc1ccccc1)C(=O)O. The second-order valence-corrected chi connectivity index (χ2v) is 3.86. The summed E-state index contributed by atoms with van der Waals surface area (Å²) in [6, 6.07) is 8.44. The van der Waals surface area contributed by atoms with Crippen LogP contribution in [0, 0.1) is 0 Å². The number of hydrogen-bond donors (Lipinski definition) is 2. The first-order chi connectivity index (χ1) is 9.13. The van der Waals surface area contributed by atoms with E-state index in [0.29, 0.717) is 6.42 Å². The maximum atomic E-state index is 11.4. The van der Waals surface area contributed by atoms with Gasteiger partial charge >= 0.3 is 12.1 Å². The third-order valence-electron chi connectivity index (χ3n) is 2.39. The molecule has 0 aliphatic rings. The number of carbonyl (C=O) groups is 2. The Hall–Kier alpha value is -2.08. The van der Waals surface area contributed by atoms with E-state index >= 15 is 0 Å². The zero-order valence-electron chi connectivity index (χ0n) is 10.7. The zero-order valence-corrected chi connectivity index (χ0v) is 10.7. The molecular formula is C13H17NO5. The molecule has 19 heavy (non-hydrogen) atoms. The monoisotopic (exact) mass is 267 g/mol. The molecule has 1 atom stereocenters. The number of carboxylic acids is 1. The van der Waals surface area contributed by atoms with E-state index in [-0.39, 0.29) is 13.2 Å². The number of amides is 1. The van der Waals surface area contributed by atoms with Crippen LogP contribution < -0.4 is 5.32 Å². The standard InChI is InChI=1S/C13H17NO5/c1-18-9-11(12(15)16)14-13(17)19-8-7-10-5-3-2-4-6-10/h2-6,11H,7-9H2,1H3,(H,14,17)(H,15,16). The van der Waals surface area contributed by atoms with Crippen molar-refractivity contribution < 1.29 is 24.2 Å². The second-order valence-electron chi connectivity index (χ2n) is 3.86. The smallest absolute Gasteiger partial charge is 0.407 e. The minimum absolute atomic E-state index is 0.108. The normalized spacial score (nSPS) is 11.6. The Morgan fingerprint density at radius 3 is 2.58 bits per heavy atom. The third kappa shape index (κ3) is 5.87. The Morgan fingerprint density at radius 2 is 2.00 bits per heavy atom. The number of hydrogen-bond acceptors (Lipinski definition) is 4. The van der Waals surface area contributed by atoms with E-state index in [4.69, 9.17) is 9.84 Å². The van der Waals surface area contributed by atoms with Gasteiger partial charge in [0.15, 0.2) is 6.04 Å². The Labute approximate surface area is 111 Å². The largest absolute Gasteiger partial charge is 0.480 e. The number of ether oxygens (including phenoxy) is 2. The molecule has 1 aromatic carbocycles. The number of benzene rings is 1. The average Bonchev–Trinajstić information content (AvgIpc) is 2.39. The summed E-state index contributed by atoms with van der Waals surface area (Å²) >= 11 is 0. The summed E-state index contributed by atoms with van der Waals surface area (Å²) in [7, 11) is 1.36. The molecule has 1 unspecified atom stereocenters. The van der Waals surface area contributed by atoms with Gasteiger partial charge in [-0.2, -0.15) is 0 Å². The minimum Gasteiger partial charge on any atom is -0.480 e. The van der Waals surface area contributed by atoms with E-state index in [2.05, 4.69) is 10.1 Å². The topological polar surface area (TPSA) is 84.9 Å². The number of carboxylic acid groups (broad SMARTS) is 1. The van der Waals surface area contributed by atoms with Crippen LogP contribution in [0.1, 0.15) is 5.56 Å². The molecule has 0 aliphatic carbocycles. The second kappa shape index (κ2) is 8.10. The summed E-state index contributed by atoms with van der Waals surface area (Å²) in [5.74, 6) is -1.16. The van der Waals surface area contributed by atoms with Gasteiger partial charge < -0.3 is 19.9 Å². The maximum absolute atomic E-state index is 11.4. The van der Waals surface area contributed by atoms with Crippen molar-refractivity contribution in [1.29, 1.82) is 0 Å². The van der Waals surface area contributed by atoms with Crippen LogP contribution in [0.5, 0.6) is 0 Å². The minimum atomic E-state index is -1.16. The van der Waals surface area contributed by atoms with Gasteiger partial charge in [0.2, 0.25) is 0 Å². The van der Waals surface area contributed by atoms with Crippen molar-refractivity contribution in [3.05, 3.63) is 35.9 Å². The molecule has 0 radical (unpaired) electrons. The van der Waals surface area contributed by atoms with E-state index in [1.54, 1.807) is 0 Å². The lowest BCUT2D eigenvalue weighted by Crippen LogP contribution is -2.44. The summed E-state index contributed by atoms with van der Waals surface area (Å²) in [5, 5.41) is 11.0. The third-order valence-corrected chi connectivity index (χ3v) is 2.39. The van der Waals surface area contributed by atoms with Gasteiger partial charge in [0, 0.05) is 13.5 Å². The summed E-state index contributed by atoms with van der Waals surface area (Å²) < 4.78 is 9.59. The molecule has 0 saturated heterocycles. The van der Waals surface area contributed by atoms with Crippen molar-refractivity contribution in [2.45, 2.75) is 12.5 Å². The molecule has 1 aromatic rings. The van der Waals surface area contributed by atoms with Gasteiger partial charge in [0.05, 0.1) is 13.2 Å². The highest BCUT2D eigenvalue weighted by molar-refractivity contribution is 5.79. The van der Waals surface area contributed by atoms with Gasteiger partial charge in [-0.1, -0.05) is 30.3 Å². The first-order valence-corrected chi connectivity index (χ1v) is 5.82. The number of rotatable bonds is 7. The fourth-order valence-electron chi connectivity index (χ4n) is 1.43. The lowest BCUT2D eigenvalue weighted by Gasteiger charge is -2.13. The van der Waals surface area contributed by atoms with Gasteiger partial charge in [-0.3, -0.25) is 0 Å². The van der Waals surface area contributed by atoms with Gasteiger partial charge in [-0.05, 0) is 5.56 Å². The van der Waals surface area contributed by atoms with E-state index in [0.717, 1.165) is 5.56 Å². The molecule has 0 saturated carbocycles. The highest BCUT2D eigenvalue weighted by Gasteiger charge is 2.20. The van der Waals surface area contributed by atoms with Crippen LogP contribution in [0.15, 0.2) is 30.3 Å². The van der Waals surface area contributed by atoms with Crippen molar-refractivity contribution in [1.82, 2.24) is 5.32 Å². The molecule has 0 heterocycles.